The molecule has 1 heterocycles. The van der Waals surface area contributed by atoms with Gasteiger partial charge < -0.3 is 20.4 Å². The normalized spacial score (nSPS) is 16.5. The predicted octanol–water partition coefficient (Wildman–Crippen LogP) is 0.940. The van der Waals surface area contributed by atoms with Crippen LogP contribution in [0.3, 0.4) is 0 Å². The second-order valence-corrected chi connectivity index (χ2v) is 6.25. The van der Waals surface area contributed by atoms with Crippen LogP contribution in [0, 0.1) is 0 Å². The van der Waals surface area contributed by atoms with Crippen LogP contribution in [0.15, 0.2) is 24.3 Å². The fourth-order valence-corrected chi connectivity index (χ4v) is 2.79. The number of nitrogens with one attached hydrogen (secondary N) is 2. The molecule has 1 fully saturated rings. The number of benzene rings is 1. The summed E-state index contributed by atoms with van der Waals surface area (Å²) in [5.41, 5.74) is 2.07. The van der Waals surface area contributed by atoms with E-state index >= 15 is 0 Å². The average molecular weight is 332 g/mol. The first-order valence-electron chi connectivity index (χ1n) is 8.57. The minimum atomic E-state index is -0.499. The molecule has 2 N–H and O–H groups in total. The fraction of sp³-hybridized carbons (Fsp3) is 0.556. The van der Waals surface area contributed by atoms with Crippen molar-refractivity contribution in [2.75, 3.05) is 45.6 Å². The first kappa shape index (κ1) is 18.3. The van der Waals surface area contributed by atoms with Crippen LogP contribution in [0.5, 0.6) is 0 Å². The maximum Gasteiger partial charge on any atom is 0.245 e. The Hall–Kier alpha value is -2.08. The highest BCUT2D eigenvalue weighted by molar-refractivity contribution is 5.88. The molecule has 0 spiro atoms. The summed E-state index contributed by atoms with van der Waals surface area (Å²) in [4.78, 5) is 28.8. The summed E-state index contributed by atoms with van der Waals surface area (Å²) in [6.07, 6.45) is 0.895. The lowest BCUT2D eigenvalue weighted by Gasteiger charge is -2.34. The summed E-state index contributed by atoms with van der Waals surface area (Å²) in [6.45, 7) is 4.97. The van der Waals surface area contributed by atoms with Gasteiger partial charge in [-0.25, -0.2) is 0 Å². The standard InChI is InChI=1S/C18H28N4O2/c1-4-17(23)20-16(13-14-5-7-15(19-2)8-6-14)18(24)22-11-9-21(3)10-12-22/h5-8,16,19H,4,9-13H2,1-3H3,(H,20,23). The first-order valence-corrected chi connectivity index (χ1v) is 8.57. The zero-order valence-electron chi connectivity index (χ0n) is 14.8. The first-order chi connectivity index (χ1) is 11.5. The molecule has 2 rings (SSSR count). The van der Waals surface area contributed by atoms with E-state index in [1.807, 2.05) is 36.2 Å². The van der Waals surface area contributed by atoms with Gasteiger partial charge in [0, 0.05) is 51.8 Å². The summed E-state index contributed by atoms with van der Waals surface area (Å²) >= 11 is 0. The molecule has 1 aliphatic rings. The number of likely N-dealkylation sites (N-methyl/N-ethyl adjacent to an activating group) is 1. The molecule has 0 aliphatic carbocycles. The number of amides is 2. The molecule has 1 atom stereocenters. The average Bonchev–Trinajstić information content (AvgIpc) is 2.61. The van der Waals surface area contributed by atoms with Crippen LogP contribution in [0.25, 0.3) is 0 Å². The number of carbonyl (C=O) groups is 2. The van der Waals surface area contributed by atoms with Crippen molar-refractivity contribution in [2.45, 2.75) is 25.8 Å². The molecule has 1 aliphatic heterocycles. The van der Waals surface area contributed by atoms with Crippen molar-refractivity contribution in [3.8, 4) is 0 Å². The van der Waals surface area contributed by atoms with Crippen LogP contribution in [-0.2, 0) is 16.0 Å². The highest BCUT2D eigenvalue weighted by atomic mass is 16.2. The van der Waals surface area contributed by atoms with Crippen LogP contribution in [0.4, 0.5) is 5.69 Å². The molecule has 0 aromatic heterocycles. The molecular formula is C18H28N4O2. The van der Waals surface area contributed by atoms with E-state index < -0.39 is 6.04 Å². The lowest BCUT2D eigenvalue weighted by Crippen LogP contribution is -2.54. The van der Waals surface area contributed by atoms with E-state index in [2.05, 4.69) is 22.6 Å². The van der Waals surface area contributed by atoms with E-state index in [-0.39, 0.29) is 11.8 Å². The van der Waals surface area contributed by atoms with E-state index in [0.29, 0.717) is 25.9 Å². The van der Waals surface area contributed by atoms with Gasteiger partial charge in [-0.05, 0) is 24.7 Å². The van der Waals surface area contributed by atoms with Crippen LogP contribution >= 0.6 is 0 Å². The van der Waals surface area contributed by atoms with Crippen molar-refractivity contribution >= 4 is 17.5 Å². The maximum absolute atomic E-state index is 12.9. The summed E-state index contributed by atoms with van der Waals surface area (Å²) in [5.74, 6) is -0.0723. The van der Waals surface area contributed by atoms with Gasteiger partial charge in [-0.2, -0.15) is 0 Å². The smallest absolute Gasteiger partial charge is 0.245 e. The predicted molar refractivity (Wildman–Crippen MR) is 96.0 cm³/mol. The van der Waals surface area contributed by atoms with Gasteiger partial charge in [0.1, 0.15) is 6.04 Å². The monoisotopic (exact) mass is 332 g/mol. The Labute approximate surface area is 144 Å². The van der Waals surface area contributed by atoms with Gasteiger partial charge in [0.05, 0.1) is 0 Å². The minimum Gasteiger partial charge on any atom is -0.388 e. The summed E-state index contributed by atoms with van der Waals surface area (Å²) in [7, 11) is 3.93. The SMILES string of the molecule is CCC(=O)NC(Cc1ccc(NC)cc1)C(=O)N1CCN(C)CC1. The number of nitrogens with zero attached hydrogens (tertiary/aromatic N) is 2. The van der Waals surface area contributed by atoms with Crippen molar-refractivity contribution in [1.29, 1.82) is 0 Å². The lowest BCUT2D eigenvalue weighted by molar-refractivity contribution is -0.137. The quantitative estimate of drug-likeness (QED) is 0.814. The van der Waals surface area contributed by atoms with Crippen molar-refractivity contribution in [3.05, 3.63) is 29.8 Å². The molecule has 0 bridgehead atoms. The van der Waals surface area contributed by atoms with Crippen molar-refractivity contribution in [2.24, 2.45) is 0 Å². The molecule has 6 heteroatoms. The zero-order valence-corrected chi connectivity index (χ0v) is 14.8. The third-order valence-electron chi connectivity index (χ3n) is 4.45. The van der Waals surface area contributed by atoms with Crippen LogP contribution in [-0.4, -0.2) is 67.9 Å². The zero-order chi connectivity index (χ0) is 17.5. The number of rotatable bonds is 6. The van der Waals surface area contributed by atoms with Gasteiger partial charge in [-0.3, -0.25) is 9.59 Å². The molecule has 1 unspecified atom stereocenters. The van der Waals surface area contributed by atoms with E-state index in [9.17, 15) is 9.59 Å². The Morgan fingerprint density at radius 3 is 2.29 bits per heavy atom. The van der Waals surface area contributed by atoms with Crippen LogP contribution < -0.4 is 10.6 Å². The Bertz CT molecular complexity index is 551. The van der Waals surface area contributed by atoms with E-state index in [1.54, 1.807) is 6.92 Å². The largest absolute Gasteiger partial charge is 0.388 e. The second kappa shape index (κ2) is 8.68. The topological polar surface area (TPSA) is 64.7 Å². The van der Waals surface area contributed by atoms with Gasteiger partial charge in [-0.1, -0.05) is 19.1 Å². The molecular weight excluding hydrogens is 304 g/mol. The van der Waals surface area contributed by atoms with Gasteiger partial charge in [0.2, 0.25) is 11.8 Å². The fourth-order valence-electron chi connectivity index (χ4n) is 2.79. The molecule has 1 aromatic rings. The maximum atomic E-state index is 12.9. The molecule has 1 saturated heterocycles. The van der Waals surface area contributed by atoms with E-state index in [1.165, 1.54) is 0 Å². The van der Waals surface area contributed by atoms with Crippen molar-refractivity contribution < 1.29 is 9.59 Å². The van der Waals surface area contributed by atoms with Gasteiger partial charge in [0.25, 0.3) is 0 Å². The Kier molecular flexibility index (Phi) is 6.61. The molecule has 6 nitrogen and oxygen atoms in total. The number of piperazine rings is 1. The Morgan fingerprint density at radius 2 is 1.75 bits per heavy atom. The summed E-state index contributed by atoms with van der Waals surface area (Å²) in [5, 5.41) is 5.97. The third kappa shape index (κ3) is 4.96. The molecule has 2 amide bonds. The molecule has 132 valence electrons. The molecule has 0 saturated carbocycles. The number of hydrogen-bond donors (Lipinski definition) is 2. The Morgan fingerprint density at radius 1 is 1.12 bits per heavy atom. The number of carbonyl (C=O) groups excluding carboxylic acids is 2. The van der Waals surface area contributed by atoms with Gasteiger partial charge >= 0.3 is 0 Å². The van der Waals surface area contributed by atoms with E-state index in [0.717, 1.165) is 24.3 Å². The van der Waals surface area contributed by atoms with Crippen molar-refractivity contribution in [1.82, 2.24) is 15.1 Å². The number of anilines is 1. The van der Waals surface area contributed by atoms with Gasteiger partial charge in [0.15, 0.2) is 0 Å². The van der Waals surface area contributed by atoms with Gasteiger partial charge in [-0.15, -0.1) is 0 Å². The highest BCUT2D eigenvalue weighted by Gasteiger charge is 2.27. The molecule has 0 radical (unpaired) electrons. The van der Waals surface area contributed by atoms with E-state index in [4.69, 9.17) is 0 Å². The van der Waals surface area contributed by atoms with Crippen LogP contribution in [0.1, 0.15) is 18.9 Å². The summed E-state index contributed by atoms with van der Waals surface area (Å²) in [6, 6.07) is 7.45. The highest BCUT2D eigenvalue weighted by Crippen LogP contribution is 2.12. The van der Waals surface area contributed by atoms with Crippen LogP contribution in [0.2, 0.25) is 0 Å². The molecule has 24 heavy (non-hydrogen) atoms. The summed E-state index contributed by atoms with van der Waals surface area (Å²) < 4.78 is 0. The Balaban J connectivity index is 2.07. The number of hydrogen-bond acceptors (Lipinski definition) is 4. The minimum absolute atomic E-state index is 0.0163. The van der Waals surface area contributed by atoms with Crippen molar-refractivity contribution in [3.63, 3.8) is 0 Å². The lowest BCUT2D eigenvalue weighted by atomic mass is 10.0. The molecule has 1 aromatic carbocycles. The second-order valence-electron chi connectivity index (χ2n) is 6.25. The third-order valence-corrected chi connectivity index (χ3v) is 4.45.